The van der Waals surface area contributed by atoms with E-state index in [0.717, 1.165) is 12.3 Å². The molecule has 2 aromatic heterocycles. The van der Waals surface area contributed by atoms with Crippen molar-refractivity contribution < 1.29 is 18.9 Å². The highest BCUT2D eigenvalue weighted by molar-refractivity contribution is 5.89. The van der Waals surface area contributed by atoms with Crippen molar-refractivity contribution in [1.29, 1.82) is 0 Å². The standard InChI is InChI=1S/C10H6FN5O5/c11-8-4-12-6(3-7(8)10(17)21-14-18)5-15-2-1-9(13-15)16(19)20/h1-4H,5H2. The van der Waals surface area contributed by atoms with Crippen molar-refractivity contribution in [3.05, 3.63) is 56.6 Å². The minimum absolute atomic E-state index is 0.0388. The molecule has 0 aliphatic carbocycles. The summed E-state index contributed by atoms with van der Waals surface area (Å²) in [6.07, 6.45) is 2.09. The van der Waals surface area contributed by atoms with Gasteiger partial charge in [-0.1, -0.05) is 0 Å². The molecule has 0 bridgehead atoms. The average Bonchev–Trinajstić information content (AvgIpc) is 2.90. The van der Waals surface area contributed by atoms with Crippen LogP contribution in [0.15, 0.2) is 29.9 Å². The molecule has 11 heteroatoms. The molecule has 21 heavy (non-hydrogen) atoms. The number of aromatic nitrogens is 3. The normalized spacial score (nSPS) is 10.1. The molecule has 2 rings (SSSR count). The fraction of sp³-hybridized carbons (Fsp3) is 0.100. The molecule has 0 aliphatic rings. The van der Waals surface area contributed by atoms with Crippen molar-refractivity contribution in [2.45, 2.75) is 6.54 Å². The van der Waals surface area contributed by atoms with E-state index in [1.54, 1.807) is 0 Å². The quantitative estimate of drug-likeness (QED) is 0.460. The van der Waals surface area contributed by atoms with Crippen LogP contribution >= 0.6 is 0 Å². The van der Waals surface area contributed by atoms with E-state index in [-0.39, 0.29) is 18.1 Å². The van der Waals surface area contributed by atoms with Crippen LogP contribution in [-0.4, -0.2) is 25.7 Å². The summed E-state index contributed by atoms with van der Waals surface area (Å²) in [5.41, 5.74) is -0.339. The molecule has 10 nitrogen and oxygen atoms in total. The molecular weight excluding hydrogens is 289 g/mol. The maximum atomic E-state index is 13.4. The van der Waals surface area contributed by atoms with Gasteiger partial charge >= 0.3 is 11.8 Å². The number of rotatable bonds is 5. The highest BCUT2D eigenvalue weighted by Gasteiger charge is 2.17. The average molecular weight is 295 g/mol. The van der Waals surface area contributed by atoms with E-state index >= 15 is 0 Å². The first-order valence-corrected chi connectivity index (χ1v) is 5.37. The summed E-state index contributed by atoms with van der Waals surface area (Å²) in [5.74, 6) is -2.61. The number of nitrogens with zero attached hydrogens (tertiary/aromatic N) is 5. The second-order valence-electron chi connectivity index (χ2n) is 3.74. The van der Waals surface area contributed by atoms with Gasteiger partial charge in [0, 0.05) is 0 Å². The van der Waals surface area contributed by atoms with Crippen molar-refractivity contribution in [1.82, 2.24) is 14.8 Å². The Morgan fingerprint density at radius 2 is 2.33 bits per heavy atom. The van der Waals surface area contributed by atoms with Gasteiger partial charge in [-0.3, -0.25) is 9.82 Å². The Balaban J connectivity index is 2.24. The molecule has 0 unspecified atom stereocenters. The molecule has 0 fully saturated rings. The van der Waals surface area contributed by atoms with E-state index in [9.17, 15) is 24.2 Å². The zero-order chi connectivity index (χ0) is 15.4. The van der Waals surface area contributed by atoms with Crippen LogP contribution in [0.5, 0.6) is 0 Å². The van der Waals surface area contributed by atoms with Gasteiger partial charge in [-0.25, -0.2) is 9.18 Å². The molecule has 0 aliphatic heterocycles. The Hall–Kier alpha value is -3.24. The second kappa shape index (κ2) is 5.81. The van der Waals surface area contributed by atoms with E-state index in [0.29, 0.717) is 0 Å². The Bertz CT molecular complexity index is 716. The van der Waals surface area contributed by atoms with E-state index < -0.39 is 22.3 Å². The van der Waals surface area contributed by atoms with E-state index in [4.69, 9.17) is 0 Å². The number of pyridine rings is 1. The predicted molar refractivity (Wildman–Crippen MR) is 63.4 cm³/mol. The number of carbonyl (C=O) groups excluding carboxylic acids is 1. The molecule has 2 aromatic rings. The minimum Gasteiger partial charge on any atom is -0.358 e. The van der Waals surface area contributed by atoms with Gasteiger partial charge in [0.05, 0.1) is 29.3 Å². The molecule has 0 radical (unpaired) electrons. The van der Waals surface area contributed by atoms with Gasteiger partial charge in [0.2, 0.25) is 0 Å². The fourth-order valence-electron chi connectivity index (χ4n) is 1.51. The molecule has 0 amide bonds. The van der Waals surface area contributed by atoms with Crippen molar-refractivity contribution in [3.63, 3.8) is 0 Å². The third-order valence-electron chi connectivity index (χ3n) is 2.39. The molecule has 0 saturated carbocycles. The van der Waals surface area contributed by atoms with Crippen LogP contribution in [0, 0.1) is 20.8 Å². The van der Waals surface area contributed by atoms with Crippen LogP contribution < -0.4 is 0 Å². The summed E-state index contributed by atoms with van der Waals surface area (Å²) in [7, 11) is 0. The fourth-order valence-corrected chi connectivity index (χ4v) is 1.51. The first-order valence-electron chi connectivity index (χ1n) is 5.37. The van der Waals surface area contributed by atoms with Crippen LogP contribution in [0.1, 0.15) is 16.1 Å². The summed E-state index contributed by atoms with van der Waals surface area (Å²) < 4.78 is 14.6. The summed E-state index contributed by atoms with van der Waals surface area (Å²) in [6.45, 7) is -0.0388. The lowest BCUT2D eigenvalue weighted by atomic mass is 10.2. The smallest absolute Gasteiger partial charge is 0.358 e. The molecule has 0 N–H and O–H groups in total. The number of carbonyl (C=O) groups is 1. The lowest BCUT2D eigenvalue weighted by molar-refractivity contribution is -0.389. The molecule has 0 spiro atoms. The second-order valence-corrected chi connectivity index (χ2v) is 3.74. The first kappa shape index (κ1) is 14.2. The molecule has 2 heterocycles. The van der Waals surface area contributed by atoms with Gasteiger partial charge < -0.3 is 10.1 Å². The Labute approximate surface area is 115 Å². The summed E-state index contributed by atoms with van der Waals surface area (Å²) in [4.78, 5) is 38.4. The van der Waals surface area contributed by atoms with Gasteiger partial charge in [0.1, 0.15) is 12.1 Å². The third-order valence-corrected chi connectivity index (χ3v) is 2.39. The first-order chi connectivity index (χ1) is 10.0. The Kier molecular flexibility index (Phi) is 3.92. The number of hydrogen-bond donors (Lipinski definition) is 0. The maximum Gasteiger partial charge on any atom is 0.389 e. The Morgan fingerprint density at radius 1 is 1.57 bits per heavy atom. The van der Waals surface area contributed by atoms with Gasteiger partial charge in [-0.15, -0.1) is 4.91 Å². The monoisotopic (exact) mass is 295 g/mol. The van der Waals surface area contributed by atoms with Crippen molar-refractivity contribution in [2.24, 2.45) is 5.34 Å². The summed E-state index contributed by atoms with van der Waals surface area (Å²) >= 11 is 0. The zero-order valence-electron chi connectivity index (χ0n) is 10.2. The number of hydrogen-bond acceptors (Lipinski definition) is 8. The van der Waals surface area contributed by atoms with Gasteiger partial charge in [-0.2, -0.15) is 4.68 Å². The van der Waals surface area contributed by atoms with E-state index in [1.807, 2.05) is 5.34 Å². The maximum absolute atomic E-state index is 13.4. The van der Waals surface area contributed by atoms with Crippen LogP contribution in [0.2, 0.25) is 0 Å². The lowest BCUT2D eigenvalue weighted by Gasteiger charge is -2.02. The van der Waals surface area contributed by atoms with Gasteiger partial charge in [0.15, 0.2) is 11.2 Å². The van der Waals surface area contributed by atoms with Crippen LogP contribution in [-0.2, 0) is 11.4 Å². The number of nitro groups is 1. The van der Waals surface area contributed by atoms with Crippen LogP contribution in [0.3, 0.4) is 0 Å². The van der Waals surface area contributed by atoms with E-state index in [1.165, 1.54) is 16.9 Å². The van der Waals surface area contributed by atoms with Crippen LogP contribution in [0.25, 0.3) is 0 Å². The summed E-state index contributed by atoms with van der Waals surface area (Å²) in [6, 6.07) is 2.21. The number of halogens is 1. The Morgan fingerprint density at radius 3 is 2.95 bits per heavy atom. The molecule has 108 valence electrons. The molecular formula is C10H6FN5O5. The predicted octanol–water partition coefficient (Wildman–Crippen LogP) is 1.21. The SMILES string of the molecule is O=NOC(=O)c1cc(Cn2ccc([N+](=O)[O-])n2)ncc1F. The van der Waals surface area contributed by atoms with Crippen molar-refractivity contribution in [2.75, 3.05) is 0 Å². The van der Waals surface area contributed by atoms with Crippen molar-refractivity contribution >= 4 is 11.8 Å². The topological polar surface area (TPSA) is 130 Å². The molecule has 0 aromatic carbocycles. The highest BCUT2D eigenvalue weighted by atomic mass is 19.1. The van der Waals surface area contributed by atoms with Crippen LogP contribution in [0.4, 0.5) is 10.2 Å². The molecule has 0 atom stereocenters. The highest BCUT2D eigenvalue weighted by Crippen LogP contribution is 2.12. The lowest BCUT2D eigenvalue weighted by Crippen LogP contribution is -2.09. The van der Waals surface area contributed by atoms with Crippen molar-refractivity contribution in [3.8, 4) is 0 Å². The van der Waals surface area contributed by atoms with Gasteiger partial charge in [0.25, 0.3) is 0 Å². The van der Waals surface area contributed by atoms with E-state index in [2.05, 4.69) is 14.9 Å². The molecule has 0 saturated heterocycles. The zero-order valence-corrected chi connectivity index (χ0v) is 10.2. The largest absolute Gasteiger partial charge is 0.389 e. The summed E-state index contributed by atoms with van der Waals surface area (Å²) in [5, 5.41) is 16.0. The van der Waals surface area contributed by atoms with Gasteiger partial charge in [-0.05, 0) is 11.0 Å². The third kappa shape index (κ3) is 3.20. The minimum atomic E-state index is -1.27.